The van der Waals surface area contributed by atoms with E-state index in [4.69, 9.17) is 4.74 Å². The second-order valence-electron chi connectivity index (χ2n) is 7.05. The smallest absolute Gasteiger partial charge is 0.410 e. The van der Waals surface area contributed by atoms with E-state index in [0.29, 0.717) is 0 Å². The number of hydrogen-bond donors (Lipinski definition) is 1. The molecule has 0 unspecified atom stereocenters. The molecule has 1 aliphatic heterocycles. The predicted molar refractivity (Wildman–Crippen MR) is 92.5 cm³/mol. The van der Waals surface area contributed by atoms with Gasteiger partial charge in [-0.05, 0) is 46.1 Å². The molecule has 23 heavy (non-hydrogen) atoms. The van der Waals surface area contributed by atoms with E-state index in [1.54, 1.807) is 6.20 Å². The van der Waals surface area contributed by atoms with E-state index < -0.39 is 5.60 Å². The third-order valence-electron chi connectivity index (χ3n) is 3.90. The summed E-state index contributed by atoms with van der Waals surface area (Å²) in [5.74, 6) is 0.890. The Hall–Kier alpha value is -1.78. The lowest BCUT2D eigenvalue weighted by Crippen LogP contribution is -2.36. The van der Waals surface area contributed by atoms with Crippen LogP contribution in [-0.4, -0.2) is 34.7 Å². The third kappa shape index (κ3) is 4.85. The summed E-state index contributed by atoms with van der Waals surface area (Å²) < 4.78 is 5.56. The molecule has 0 saturated carbocycles. The number of carbonyl (C=O) groups excluding carboxylic acids is 1. The molecule has 0 aromatic carbocycles. The molecule has 0 radical (unpaired) electrons. The fourth-order valence-electron chi connectivity index (χ4n) is 2.85. The van der Waals surface area contributed by atoms with Crippen molar-refractivity contribution in [3.05, 3.63) is 23.9 Å². The van der Waals surface area contributed by atoms with Crippen molar-refractivity contribution in [1.82, 2.24) is 9.88 Å². The van der Waals surface area contributed by atoms with Crippen molar-refractivity contribution < 1.29 is 9.53 Å². The molecule has 5 heteroatoms. The van der Waals surface area contributed by atoms with Crippen LogP contribution in [0.5, 0.6) is 0 Å². The van der Waals surface area contributed by atoms with Crippen LogP contribution in [0.2, 0.25) is 0 Å². The fraction of sp³-hybridized carbons (Fsp3) is 0.667. The van der Waals surface area contributed by atoms with Crippen LogP contribution in [0.3, 0.4) is 0 Å². The number of likely N-dealkylation sites (tertiary alicyclic amines) is 1. The Bertz CT molecular complexity index is 525. The molecule has 2 heterocycles. The van der Waals surface area contributed by atoms with Crippen molar-refractivity contribution in [3.8, 4) is 0 Å². The molecule has 1 aliphatic rings. The minimum absolute atomic E-state index is 0.0441. The molecule has 0 spiro atoms. The number of anilines is 1. The Labute approximate surface area is 139 Å². The number of amides is 1. The van der Waals surface area contributed by atoms with Crippen molar-refractivity contribution in [2.24, 2.45) is 0 Å². The highest BCUT2D eigenvalue weighted by molar-refractivity contribution is 5.70. The molecule has 0 bridgehead atoms. The summed E-state index contributed by atoms with van der Waals surface area (Å²) in [6, 6.07) is 4.04. The summed E-state index contributed by atoms with van der Waals surface area (Å²) in [6.07, 6.45) is 5.76. The molecule has 128 valence electrons. The first-order valence-electron chi connectivity index (χ1n) is 8.61. The quantitative estimate of drug-likeness (QED) is 0.819. The van der Waals surface area contributed by atoms with Crippen LogP contribution >= 0.6 is 0 Å². The Morgan fingerprint density at radius 2 is 2.26 bits per heavy atom. The first-order chi connectivity index (χ1) is 10.9. The third-order valence-corrected chi connectivity index (χ3v) is 3.90. The molecule has 1 aromatic rings. The molecule has 1 atom stereocenters. The van der Waals surface area contributed by atoms with E-state index >= 15 is 0 Å². The first kappa shape index (κ1) is 17.6. The Morgan fingerprint density at radius 1 is 1.48 bits per heavy atom. The summed E-state index contributed by atoms with van der Waals surface area (Å²) in [6.45, 7) is 9.51. The zero-order chi connectivity index (χ0) is 16.9. The highest BCUT2D eigenvalue weighted by atomic mass is 16.6. The number of aromatic nitrogens is 1. The largest absolute Gasteiger partial charge is 0.444 e. The number of pyridine rings is 1. The average molecular weight is 319 g/mol. The summed E-state index contributed by atoms with van der Waals surface area (Å²) in [4.78, 5) is 18.8. The molecular weight excluding hydrogens is 290 g/mol. The molecule has 5 nitrogen and oxygen atoms in total. The summed E-state index contributed by atoms with van der Waals surface area (Å²) in [5, 5.41) is 3.41. The molecule has 1 saturated heterocycles. The molecule has 1 amide bonds. The van der Waals surface area contributed by atoms with Crippen molar-refractivity contribution in [2.75, 3.05) is 18.4 Å². The van der Waals surface area contributed by atoms with Crippen molar-refractivity contribution in [2.45, 2.75) is 65.0 Å². The predicted octanol–water partition coefficient (Wildman–Crippen LogP) is 4.37. The first-order valence-corrected chi connectivity index (χ1v) is 8.61. The maximum atomic E-state index is 12.5. The number of hydrogen-bond acceptors (Lipinski definition) is 4. The van der Waals surface area contributed by atoms with Crippen LogP contribution < -0.4 is 5.32 Å². The summed E-state index contributed by atoms with van der Waals surface area (Å²) in [5.41, 5.74) is 0.619. The topological polar surface area (TPSA) is 54.5 Å². The lowest BCUT2D eigenvalue weighted by atomic mass is 10.1. The van der Waals surface area contributed by atoms with Gasteiger partial charge < -0.3 is 15.0 Å². The second kappa shape index (κ2) is 7.66. The van der Waals surface area contributed by atoms with Gasteiger partial charge >= 0.3 is 6.09 Å². The highest BCUT2D eigenvalue weighted by Crippen LogP contribution is 2.36. The Balaban J connectivity index is 2.14. The van der Waals surface area contributed by atoms with Gasteiger partial charge in [0, 0.05) is 24.8 Å². The van der Waals surface area contributed by atoms with Gasteiger partial charge in [0.1, 0.15) is 11.4 Å². The van der Waals surface area contributed by atoms with Gasteiger partial charge in [-0.1, -0.05) is 19.4 Å². The van der Waals surface area contributed by atoms with Gasteiger partial charge in [0.25, 0.3) is 0 Å². The average Bonchev–Trinajstić information content (AvgIpc) is 2.96. The molecule has 0 aliphatic carbocycles. The SMILES string of the molecule is CCCCNc1ncccc1[C@@H]1CCCN1C(=O)OC(C)(C)C. The fourth-order valence-corrected chi connectivity index (χ4v) is 2.85. The normalized spacial score (nSPS) is 18.1. The summed E-state index contributed by atoms with van der Waals surface area (Å²) in [7, 11) is 0. The Morgan fingerprint density at radius 3 is 2.96 bits per heavy atom. The highest BCUT2D eigenvalue weighted by Gasteiger charge is 2.34. The zero-order valence-electron chi connectivity index (χ0n) is 14.8. The van der Waals surface area contributed by atoms with E-state index in [0.717, 1.165) is 50.2 Å². The maximum absolute atomic E-state index is 12.5. The molecule has 1 aromatic heterocycles. The van der Waals surface area contributed by atoms with Crippen molar-refractivity contribution in [3.63, 3.8) is 0 Å². The van der Waals surface area contributed by atoms with E-state index in [9.17, 15) is 4.79 Å². The van der Waals surface area contributed by atoms with E-state index in [1.807, 2.05) is 31.7 Å². The number of carbonyl (C=O) groups is 1. The van der Waals surface area contributed by atoms with Gasteiger partial charge in [-0.25, -0.2) is 9.78 Å². The van der Waals surface area contributed by atoms with Crippen LogP contribution in [0.25, 0.3) is 0 Å². The number of nitrogens with one attached hydrogen (secondary N) is 1. The van der Waals surface area contributed by atoms with Crippen LogP contribution in [0.4, 0.5) is 10.6 Å². The molecular formula is C18H29N3O2. The van der Waals surface area contributed by atoms with Gasteiger partial charge in [-0.3, -0.25) is 0 Å². The lowest BCUT2D eigenvalue weighted by molar-refractivity contribution is 0.0225. The van der Waals surface area contributed by atoms with Gasteiger partial charge in [0.05, 0.1) is 6.04 Å². The van der Waals surface area contributed by atoms with Crippen molar-refractivity contribution >= 4 is 11.9 Å². The van der Waals surface area contributed by atoms with Crippen LogP contribution in [-0.2, 0) is 4.74 Å². The van der Waals surface area contributed by atoms with Gasteiger partial charge in [-0.2, -0.15) is 0 Å². The number of nitrogens with zero attached hydrogens (tertiary/aromatic N) is 2. The van der Waals surface area contributed by atoms with Crippen LogP contribution in [0.1, 0.15) is 65.0 Å². The van der Waals surface area contributed by atoms with Gasteiger partial charge in [0.2, 0.25) is 0 Å². The maximum Gasteiger partial charge on any atom is 0.410 e. The molecule has 1 N–H and O–H groups in total. The van der Waals surface area contributed by atoms with Crippen molar-refractivity contribution in [1.29, 1.82) is 0 Å². The van der Waals surface area contributed by atoms with E-state index in [-0.39, 0.29) is 12.1 Å². The Kier molecular flexibility index (Phi) is 5.85. The number of ether oxygens (including phenoxy) is 1. The van der Waals surface area contributed by atoms with Crippen LogP contribution in [0, 0.1) is 0 Å². The molecule has 2 rings (SSSR count). The monoisotopic (exact) mass is 319 g/mol. The standard InChI is InChI=1S/C18H29N3O2/c1-5-6-11-19-16-14(9-7-12-20-16)15-10-8-13-21(15)17(22)23-18(2,3)4/h7,9,12,15H,5-6,8,10-11,13H2,1-4H3,(H,19,20)/t15-/m0/s1. The number of unbranched alkanes of at least 4 members (excludes halogenated alkanes) is 1. The summed E-state index contributed by atoms with van der Waals surface area (Å²) >= 11 is 0. The molecule has 1 fully saturated rings. The lowest BCUT2D eigenvalue weighted by Gasteiger charge is -2.29. The minimum Gasteiger partial charge on any atom is -0.444 e. The zero-order valence-corrected chi connectivity index (χ0v) is 14.8. The minimum atomic E-state index is -0.471. The van der Waals surface area contributed by atoms with E-state index in [1.165, 1.54) is 0 Å². The van der Waals surface area contributed by atoms with E-state index in [2.05, 4.69) is 23.3 Å². The van der Waals surface area contributed by atoms with Gasteiger partial charge in [-0.15, -0.1) is 0 Å². The van der Waals surface area contributed by atoms with Crippen LogP contribution in [0.15, 0.2) is 18.3 Å². The number of rotatable bonds is 5. The second-order valence-corrected chi connectivity index (χ2v) is 7.05. The van der Waals surface area contributed by atoms with Gasteiger partial charge in [0.15, 0.2) is 0 Å².